The lowest BCUT2D eigenvalue weighted by molar-refractivity contribution is -0.282. The summed E-state index contributed by atoms with van der Waals surface area (Å²) in [4.78, 5) is 23.8. The standard InChI is InChI=1S/C24H36O5/c1-13(25)27-18-8-9-22(5)17(21(18,3)4)7-10-24-12-15-11-16(19(22)24)29-23(15,6)20(24)28-14(2)26/h15-20H,7-12H2,1-6H3/t15-,16+,17?,18+,19-,20+,22+,23-,24+/m0/s1. The van der Waals surface area contributed by atoms with Crippen molar-refractivity contribution in [2.24, 2.45) is 34.0 Å². The third-order valence-corrected chi connectivity index (χ3v) is 10.1. The van der Waals surface area contributed by atoms with Gasteiger partial charge in [0.25, 0.3) is 0 Å². The molecule has 4 saturated carbocycles. The number of rotatable bonds is 2. The van der Waals surface area contributed by atoms with Gasteiger partial charge in [-0.05, 0) is 62.7 Å². The molecule has 9 atom stereocenters. The molecule has 6 aliphatic rings. The first-order chi connectivity index (χ1) is 13.4. The molecule has 0 amide bonds. The molecule has 0 radical (unpaired) electrons. The molecule has 6 fully saturated rings. The van der Waals surface area contributed by atoms with E-state index in [2.05, 4.69) is 27.7 Å². The Kier molecular flexibility index (Phi) is 3.95. The van der Waals surface area contributed by atoms with Gasteiger partial charge in [0.1, 0.15) is 17.8 Å². The SMILES string of the molecule is CC(=O)O[C@@H]1CC[C@]2(C)C(CC[C@]34C[C@@H]5C[C@@H](O[C@]5(C)[C@H]3OC(C)=O)[C@H]42)C1(C)C. The second kappa shape index (κ2) is 5.77. The van der Waals surface area contributed by atoms with Crippen molar-refractivity contribution in [3.05, 3.63) is 0 Å². The Bertz CT molecular complexity index is 760. The molecule has 0 N–H and O–H groups in total. The Morgan fingerprint density at radius 2 is 1.66 bits per heavy atom. The van der Waals surface area contributed by atoms with Crippen LogP contribution in [0.4, 0.5) is 0 Å². The average molecular weight is 405 g/mol. The van der Waals surface area contributed by atoms with E-state index in [1.807, 2.05) is 0 Å². The van der Waals surface area contributed by atoms with Crippen LogP contribution in [0.2, 0.25) is 0 Å². The zero-order valence-electron chi connectivity index (χ0n) is 18.7. The first-order valence-corrected chi connectivity index (χ1v) is 11.5. The Morgan fingerprint density at radius 1 is 0.966 bits per heavy atom. The van der Waals surface area contributed by atoms with Crippen molar-refractivity contribution in [3.8, 4) is 0 Å². The molecule has 4 aliphatic carbocycles. The van der Waals surface area contributed by atoms with E-state index in [1.165, 1.54) is 13.8 Å². The molecule has 2 aliphatic heterocycles. The molecule has 0 aromatic rings. The van der Waals surface area contributed by atoms with Gasteiger partial charge in [-0.3, -0.25) is 9.59 Å². The fourth-order valence-electron chi connectivity index (χ4n) is 9.38. The molecule has 162 valence electrons. The molecule has 0 aromatic carbocycles. The van der Waals surface area contributed by atoms with Crippen LogP contribution in [0.25, 0.3) is 0 Å². The van der Waals surface area contributed by atoms with Crippen LogP contribution < -0.4 is 0 Å². The molecule has 4 bridgehead atoms. The van der Waals surface area contributed by atoms with Gasteiger partial charge in [0.05, 0.1) is 6.10 Å². The van der Waals surface area contributed by atoms with E-state index in [0.717, 1.165) is 38.5 Å². The van der Waals surface area contributed by atoms with E-state index >= 15 is 0 Å². The first-order valence-electron chi connectivity index (χ1n) is 11.5. The van der Waals surface area contributed by atoms with Crippen molar-refractivity contribution in [1.29, 1.82) is 0 Å². The van der Waals surface area contributed by atoms with E-state index in [-0.39, 0.29) is 52.1 Å². The largest absolute Gasteiger partial charge is 0.462 e. The van der Waals surface area contributed by atoms with Crippen molar-refractivity contribution >= 4 is 11.9 Å². The van der Waals surface area contributed by atoms with Crippen molar-refractivity contribution in [2.45, 2.75) is 104 Å². The smallest absolute Gasteiger partial charge is 0.303 e. The van der Waals surface area contributed by atoms with Gasteiger partial charge in [0.15, 0.2) is 0 Å². The Hall–Kier alpha value is -1.10. The summed E-state index contributed by atoms with van der Waals surface area (Å²) in [6.45, 7) is 12.3. The average Bonchev–Trinajstić information content (AvgIpc) is 2.93. The third kappa shape index (κ3) is 2.31. The van der Waals surface area contributed by atoms with Gasteiger partial charge in [-0.1, -0.05) is 20.8 Å². The Balaban J connectivity index is 1.55. The number of carbonyl (C=O) groups excluding carboxylic acids is 2. The maximum atomic E-state index is 12.0. The van der Waals surface area contributed by atoms with Gasteiger partial charge in [0, 0.05) is 30.6 Å². The summed E-state index contributed by atoms with van der Waals surface area (Å²) >= 11 is 0. The van der Waals surface area contributed by atoms with E-state index in [9.17, 15) is 9.59 Å². The fourth-order valence-corrected chi connectivity index (χ4v) is 9.38. The lowest BCUT2D eigenvalue weighted by Crippen LogP contribution is -2.68. The van der Waals surface area contributed by atoms with Gasteiger partial charge in [-0.2, -0.15) is 0 Å². The van der Waals surface area contributed by atoms with Gasteiger partial charge < -0.3 is 14.2 Å². The molecule has 6 rings (SSSR count). The van der Waals surface area contributed by atoms with E-state index in [1.54, 1.807) is 0 Å². The summed E-state index contributed by atoms with van der Waals surface area (Å²) in [7, 11) is 0. The fraction of sp³-hybridized carbons (Fsp3) is 0.917. The van der Waals surface area contributed by atoms with Crippen LogP contribution in [-0.2, 0) is 23.8 Å². The maximum Gasteiger partial charge on any atom is 0.303 e. The molecule has 0 aromatic heterocycles. The first kappa shape index (κ1) is 19.8. The summed E-state index contributed by atoms with van der Waals surface area (Å²) in [6, 6.07) is 0. The van der Waals surface area contributed by atoms with Crippen molar-refractivity contribution in [2.75, 3.05) is 0 Å². The van der Waals surface area contributed by atoms with E-state index in [4.69, 9.17) is 14.2 Å². The topological polar surface area (TPSA) is 61.8 Å². The number of ether oxygens (including phenoxy) is 3. The van der Waals surface area contributed by atoms with Gasteiger partial charge in [-0.25, -0.2) is 0 Å². The minimum absolute atomic E-state index is 0.0242. The van der Waals surface area contributed by atoms with Crippen molar-refractivity contribution in [3.63, 3.8) is 0 Å². The highest BCUT2D eigenvalue weighted by molar-refractivity contribution is 5.67. The molecule has 2 saturated heterocycles. The van der Waals surface area contributed by atoms with Gasteiger partial charge in [0.2, 0.25) is 0 Å². The predicted octanol–water partition coefficient (Wildman–Crippen LogP) is 4.27. The highest BCUT2D eigenvalue weighted by atomic mass is 16.6. The summed E-state index contributed by atoms with van der Waals surface area (Å²) in [6.07, 6.45) is 6.45. The van der Waals surface area contributed by atoms with Crippen LogP contribution in [0, 0.1) is 34.0 Å². The lowest BCUT2D eigenvalue weighted by atomic mass is 9.39. The van der Waals surface area contributed by atoms with Crippen molar-refractivity contribution in [1.82, 2.24) is 0 Å². The van der Waals surface area contributed by atoms with E-state index in [0.29, 0.717) is 17.8 Å². The van der Waals surface area contributed by atoms with Crippen LogP contribution in [0.1, 0.15) is 80.1 Å². The van der Waals surface area contributed by atoms with Crippen LogP contribution >= 0.6 is 0 Å². The highest BCUT2D eigenvalue weighted by Crippen LogP contribution is 2.77. The molecule has 5 heteroatoms. The Labute approximate surface area is 174 Å². The molecule has 5 nitrogen and oxygen atoms in total. The zero-order valence-corrected chi connectivity index (χ0v) is 18.7. The van der Waals surface area contributed by atoms with Crippen molar-refractivity contribution < 1.29 is 23.8 Å². The number of hydrogen-bond acceptors (Lipinski definition) is 5. The summed E-state index contributed by atoms with van der Waals surface area (Å²) in [5.41, 5.74) is -0.236. The van der Waals surface area contributed by atoms with Crippen LogP contribution in [0.3, 0.4) is 0 Å². The zero-order chi connectivity index (χ0) is 21.0. The number of fused-ring (bicyclic) bond motifs is 1. The van der Waals surface area contributed by atoms with Gasteiger partial charge in [-0.15, -0.1) is 0 Å². The summed E-state index contributed by atoms with van der Waals surface area (Å²) < 4.78 is 18.6. The normalized spacial score (nSPS) is 53.9. The maximum absolute atomic E-state index is 12.0. The molecule has 1 spiro atoms. The van der Waals surface area contributed by atoms with Crippen LogP contribution in [0.15, 0.2) is 0 Å². The molecule has 29 heavy (non-hydrogen) atoms. The summed E-state index contributed by atoms with van der Waals surface area (Å²) in [5.74, 6) is 1.01. The predicted molar refractivity (Wildman–Crippen MR) is 107 cm³/mol. The molecule has 1 unspecified atom stereocenters. The second-order valence-electron chi connectivity index (χ2n) is 11.7. The van der Waals surface area contributed by atoms with E-state index < -0.39 is 0 Å². The number of carbonyl (C=O) groups is 2. The minimum atomic E-state index is -0.319. The minimum Gasteiger partial charge on any atom is -0.462 e. The third-order valence-electron chi connectivity index (χ3n) is 10.1. The number of hydrogen-bond donors (Lipinski definition) is 0. The monoisotopic (exact) mass is 404 g/mol. The Morgan fingerprint density at radius 3 is 2.31 bits per heavy atom. The quantitative estimate of drug-likeness (QED) is 0.643. The van der Waals surface area contributed by atoms with Crippen LogP contribution in [-0.4, -0.2) is 35.9 Å². The highest BCUT2D eigenvalue weighted by Gasteiger charge is 2.79. The molecule has 2 heterocycles. The molecular weight excluding hydrogens is 368 g/mol. The van der Waals surface area contributed by atoms with Crippen LogP contribution in [0.5, 0.6) is 0 Å². The lowest BCUT2D eigenvalue weighted by Gasteiger charge is -2.67. The van der Waals surface area contributed by atoms with Gasteiger partial charge >= 0.3 is 11.9 Å². The summed E-state index contributed by atoms with van der Waals surface area (Å²) in [5, 5.41) is 0. The second-order valence-corrected chi connectivity index (χ2v) is 11.7. The number of esters is 2. The molecular formula is C24H36O5.